The number of nitrogens with two attached hydrogens (primary N) is 1. The van der Waals surface area contributed by atoms with Gasteiger partial charge in [0.1, 0.15) is 6.04 Å². The van der Waals surface area contributed by atoms with Crippen LogP contribution in [0.2, 0.25) is 0 Å². The highest BCUT2D eigenvalue weighted by molar-refractivity contribution is 9.10. The second kappa shape index (κ2) is 4.73. The van der Waals surface area contributed by atoms with Crippen molar-refractivity contribution in [3.05, 3.63) is 34.6 Å². The van der Waals surface area contributed by atoms with Crippen molar-refractivity contribution in [3.63, 3.8) is 0 Å². The minimum atomic E-state index is -0.635. The third-order valence-corrected chi connectivity index (χ3v) is 2.76. The quantitative estimate of drug-likeness (QED) is 0.892. The molecule has 0 unspecified atom stereocenters. The van der Waals surface area contributed by atoms with E-state index in [0.717, 1.165) is 10.0 Å². The van der Waals surface area contributed by atoms with E-state index in [1.54, 1.807) is 0 Å². The van der Waals surface area contributed by atoms with E-state index in [0.29, 0.717) is 5.82 Å². The van der Waals surface area contributed by atoms with E-state index in [2.05, 4.69) is 26.1 Å². The van der Waals surface area contributed by atoms with Gasteiger partial charge in [-0.05, 0) is 12.1 Å². The standard InChI is InChI=1S/C10H10BrN3O2/c11-7-4-2-1-3-6(7)9-13-10(16-14-9)8(12)5-15/h1-4,8,15H,5,12H2/t8-/m1/s1. The summed E-state index contributed by atoms with van der Waals surface area (Å²) in [6.07, 6.45) is 0. The topological polar surface area (TPSA) is 85.2 Å². The van der Waals surface area contributed by atoms with Crippen LogP contribution in [0.4, 0.5) is 0 Å². The monoisotopic (exact) mass is 283 g/mol. The Morgan fingerprint density at radius 2 is 2.19 bits per heavy atom. The van der Waals surface area contributed by atoms with Crippen LogP contribution in [-0.4, -0.2) is 21.9 Å². The maximum Gasteiger partial charge on any atom is 0.246 e. The normalized spacial score (nSPS) is 12.7. The summed E-state index contributed by atoms with van der Waals surface area (Å²) in [7, 11) is 0. The fourth-order valence-corrected chi connectivity index (χ4v) is 1.68. The lowest BCUT2D eigenvalue weighted by Gasteiger charge is -1.99. The Balaban J connectivity index is 2.35. The first-order chi connectivity index (χ1) is 7.72. The second-order valence-corrected chi connectivity index (χ2v) is 4.08. The second-order valence-electron chi connectivity index (χ2n) is 3.23. The molecule has 0 spiro atoms. The van der Waals surface area contributed by atoms with Gasteiger partial charge in [-0.25, -0.2) is 0 Å². The van der Waals surface area contributed by atoms with Gasteiger partial charge in [0, 0.05) is 10.0 Å². The lowest BCUT2D eigenvalue weighted by molar-refractivity contribution is 0.237. The molecule has 1 heterocycles. The highest BCUT2D eigenvalue weighted by Crippen LogP contribution is 2.25. The molecular weight excluding hydrogens is 274 g/mol. The Hall–Kier alpha value is -1.24. The van der Waals surface area contributed by atoms with Gasteiger partial charge in [0.25, 0.3) is 0 Å². The molecule has 2 aromatic rings. The van der Waals surface area contributed by atoms with Crippen molar-refractivity contribution in [3.8, 4) is 11.4 Å². The van der Waals surface area contributed by atoms with Crippen molar-refractivity contribution in [2.24, 2.45) is 5.73 Å². The van der Waals surface area contributed by atoms with Gasteiger partial charge in [0.2, 0.25) is 11.7 Å². The molecule has 3 N–H and O–H groups in total. The van der Waals surface area contributed by atoms with Gasteiger partial charge in [0.05, 0.1) is 6.61 Å². The molecule has 16 heavy (non-hydrogen) atoms. The largest absolute Gasteiger partial charge is 0.394 e. The van der Waals surface area contributed by atoms with Gasteiger partial charge in [-0.2, -0.15) is 4.98 Å². The van der Waals surface area contributed by atoms with Crippen LogP contribution in [-0.2, 0) is 0 Å². The molecule has 0 bridgehead atoms. The summed E-state index contributed by atoms with van der Waals surface area (Å²) < 4.78 is 5.83. The van der Waals surface area contributed by atoms with Gasteiger partial charge in [-0.3, -0.25) is 0 Å². The minimum absolute atomic E-state index is 0.225. The summed E-state index contributed by atoms with van der Waals surface area (Å²) in [5.74, 6) is 0.680. The summed E-state index contributed by atoms with van der Waals surface area (Å²) in [5, 5.41) is 12.7. The Labute approximate surface area is 100 Å². The van der Waals surface area contributed by atoms with Crippen LogP contribution in [0.25, 0.3) is 11.4 Å². The molecular formula is C10H10BrN3O2. The maximum atomic E-state index is 8.86. The third-order valence-electron chi connectivity index (χ3n) is 2.07. The van der Waals surface area contributed by atoms with Crippen LogP contribution in [0, 0.1) is 0 Å². The predicted octanol–water partition coefficient (Wildman–Crippen LogP) is 1.49. The fourth-order valence-electron chi connectivity index (χ4n) is 1.22. The lowest BCUT2D eigenvalue weighted by Crippen LogP contribution is -2.14. The Bertz CT molecular complexity index is 486. The van der Waals surface area contributed by atoms with Crippen LogP contribution >= 0.6 is 15.9 Å². The molecule has 5 nitrogen and oxygen atoms in total. The van der Waals surface area contributed by atoms with E-state index in [1.165, 1.54) is 0 Å². The Kier molecular flexibility index (Phi) is 3.33. The molecule has 1 aromatic heterocycles. The molecule has 0 aliphatic rings. The van der Waals surface area contributed by atoms with E-state index in [4.69, 9.17) is 15.4 Å². The van der Waals surface area contributed by atoms with Gasteiger partial charge < -0.3 is 15.4 Å². The first-order valence-electron chi connectivity index (χ1n) is 4.67. The molecule has 0 fully saturated rings. The van der Waals surface area contributed by atoms with Gasteiger partial charge in [-0.15, -0.1) is 0 Å². The summed E-state index contributed by atoms with van der Waals surface area (Å²) >= 11 is 3.39. The zero-order chi connectivity index (χ0) is 11.5. The molecule has 0 aliphatic carbocycles. The van der Waals surface area contributed by atoms with E-state index < -0.39 is 6.04 Å². The number of nitrogens with zero attached hydrogens (tertiary/aromatic N) is 2. The highest BCUT2D eigenvalue weighted by Gasteiger charge is 2.15. The van der Waals surface area contributed by atoms with Crippen molar-refractivity contribution in [2.45, 2.75) is 6.04 Å². The lowest BCUT2D eigenvalue weighted by atomic mass is 10.2. The molecule has 0 saturated heterocycles. The molecule has 1 aromatic carbocycles. The highest BCUT2D eigenvalue weighted by atomic mass is 79.9. The fraction of sp³-hybridized carbons (Fsp3) is 0.200. The average Bonchev–Trinajstić information content (AvgIpc) is 2.78. The molecule has 6 heteroatoms. The van der Waals surface area contributed by atoms with Crippen LogP contribution in [0.3, 0.4) is 0 Å². The van der Waals surface area contributed by atoms with Crippen LogP contribution in [0.15, 0.2) is 33.3 Å². The Morgan fingerprint density at radius 3 is 2.88 bits per heavy atom. The number of aliphatic hydroxyl groups excluding tert-OH is 1. The number of rotatable bonds is 3. The van der Waals surface area contributed by atoms with Crippen molar-refractivity contribution in [1.82, 2.24) is 10.1 Å². The van der Waals surface area contributed by atoms with Crippen molar-refractivity contribution in [1.29, 1.82) is 0 Å². The van der Waals surface area contributed by atoms with Gasteiger partial charge >= 0.3 is 0 Å². The molecule has 0 radical (unpaired) electrons. The summed E-state index contributed by atoms with van der Waals surface area (Å²) in [5.41, 5.74) is 6.39. The zero-order valence-electron chi connectivity index (χ0n) is 8.30. The number of hydrogen-bond donors (Lipinski definition) is 2. The summed E-state index contributed by atoms with van der Waals surface area (Å²) in [6, 6.07) is 6.89. The summed E-state index contributed by atoms with van der Waals surface area (Å²) in [4.78, 5) is 4.12. The molecule has 0 aliphatic heterocycles. The van der Waals surface area contributed by atoms with Crippen LogP contribution in [0.1, 0.15) is 11.9 Å². The van der Waals surface area contributed by atoms with Crippen molar-refractivity contribution in [2.75, 3.05) is 6.61 Å². The SMILES string of the molecule is N[C@H](CO)c1nc(-c2ccccc2Br)no1. The zero-order valence-corrected chi connectivity index (χ0v) is 9.89. The number of aromatic nitrogens is 2. The molecule has 84 valence electrons. The van der Waals surface area contributed by atoms with E-state index in [1.807, 2.05) is 24.3 Å². The number of aliphatic hydroxyl groups is 1. The van der Waals surface area contributed by atoms with E-state index >= 15 is 0 Å². The molecule has 0 amide bonds. The van der Waals surface area contributed by atoms with E-state index in [9.17, 15) is 0 Å². The van der Waals surface area contributed by atoms with Crippen LogP contribution in [0.5, 0.6) is 0 Å². The third kappa shape index (κ3) is 2.13. The number of hydrogen-bond acceptors (Lipinski definition) is 5. The maximum absolute atomic E-state index is 8.86. The summed E-state index contributed by atoms with van der Waals surface area (Å²) in [6.45, 7) is -0.225. The first-order valence-corrected chi connectivity index (χ1v) is 5.46. The van der Waals surface area contributed by atoms with Crippen molar-refractivity contribution < 1.29 is 9.63 Å². The molecule has 1 atom stereocenters. The molecule has 0 saturated carbocycles. The van der Waals surface area contributed by atoms with Crippen molar-refractivity contribution >= 4 is 15.9 Å². The van der Waals surface area contributed by atoms with Gasteiger partial charge in [0.15, 0.2) is 0 Å². The molecule has 2 rings (SSSR count). The first kappa shape index (κ1) is 11.3. The van der Waals surface area contributed by atoms with Gasteiger partial charge in [-0.1, -0.05) is 33.2 Å². The Morgan fingerprint density at radius 1 is 1.44 bits per heavy atom. The van der Waals surface area contributed by atoms with Crippen LogP contribution < -0.4 is 5.73 Å². The minimum Gasteiger partial charge on any atom is -0.394 e. The average molecular weight is 284 g/mol. The number of benzene rings is 1. The van der Waals surface area contributed by atoms with E-state index in [-0.39, 0.29) is 12.5 Å². The predicted molar refractivity (Wildman–Crippen MR) is 61.4 cm³/mol. The smallest absolute Gasteiger partial charge is 0.246 e. The number of halogens is 1.